The maximum atomic E-state index is 12.7. The van der Waals surface area contributed by atoms with Crippen LogP contribution in [0.25, 0.3) is 22.4 Å². The smallest absolute Gasteiger partial charge is 0.291 e. The highest BCUT2D eigenvalue weighted by Gasteiger charge is 2.12. The van der Waals surface area contributed by atoms with Crippen LogP contribution in [-0.2, 0) is 0 Å². The van der Waals surface area contributed by atoms with Crippen LogP contribution in [-0.4, -0.2) is 28.3 Å². The molecule has 0 amide bonds. The second-order valence-corrected chi connectivity index (χ2v) is 6.76. The van der Waals surface area contributed by atoms with Gasteiger partial charge >= 0.3 is 0 Å². The number of methoxy groups -OCH3 is 1. The number of ether oxygens (including phenoxy) is 2. The van der Waals surface area contributed by atoms with Gasteiger partial charge in [-0.25, -0.2) is 0 Å². The summed E-state index contributed by atoms with van der Waals surface area (Å²) in [6, 6.07) is 15.2. The summed E-state index contributed by atoms with van der Waals surface area (Å²) < 4.78 is 12.8. The van der Waals surface area contributed by atoms with Crippen LogP contribution in [0.15, 0.2) is 53.3 Å². The third-order valence-corrected chi connectivity index (χ3v) is 4.96. The lowest BCUT2D eigenvalue weighted by Gasteiger charge is -2.09. The third kappa shape index (κ3) is 3.29. The summed E-state index contributed by atoms with van der Waals surface area (Å²) in [5.74, 6) is 1.85. The van der Waals surface area contributed by atoms with Gasteiger partial charge in [-0.3, -0.25) is 4.79 Å². The van der Waals surface area contributed by atoms with E-state index >= 15 is 0 Å². The molecule has 0 fully saturated rings. The first-order valence-electron chi connectivity index (χ1n) is 8.47. The zero-order valence-electron chi connectivity index (χ0n) is 14.9. The largest absolute Gasteiger partial charge is 0.493 e. The predicted molar refractivity (Wildman–Crippen MR) is 106 cm³/mol. The molecule has 0 unspecified atom stereocenters. The van der Waals surface area contributed by atoms with E-state index in [0.717, 1.165) is 11.1 Å². The van der Waals surface area contributed by atoms with Crippen LogP contribution in [0.5, 0.6) is 11.5 Å². The number of fused-ring (bicyclic) bond motifs is 1. The molecule has 0 aliphatic heterocycles. The number of thiazole rings is 1. The Balaban J connectivity index is 1.75. The lowest BCUT2D eigenvalue weighted by Crippen LogP contribution is -2.23. The van der Waals surface area contributed by atoms with E-state index < -0.39 is 0 Å². The van der Waals surface area contributed by atoms with Gasteiger partial charge in [0.05, 0.1) is 18.2 Å². The summed E-state index contributed by atoms with van der Waals surface area (Å²) >= 11 is 1.31. The van der Waals surface area contributed by atoms with E-state index in [-0.39, 0.29) is 5.56 Å². The van der Waals surface area contributed by atoms with E-state index in [9.17, 15) is 4.79 Å². The molecule has 0 bridgehead atoms. The predicted octanol–water partition coefficient (Wildman–Crippen LogP) is 2.77. The van der Waals surface area contributed by atoms with Crippen LogP contribution < -0.4 is 19.6 Å². The molecule has 0 aliphatic rings. The molecule has 2 aromatic carbocycles. The first kappa shape index (κ1) is 17.2. The summed E-state index contributed by atoms with van der Waals surface area (Å²) in [7, 11) is 1.59. The Hall–Kier alpha value is -3.19. The fraction of sp³-hybridized carbons (Fsp3) is 0.150. The summed E-state index contributed by atoms with van der Waals surface area (Å²) in [5.41, 5.74) is 1.55. The Morgan fingerprint density at radius 3 is 2.67 bits per heavy atom. The van der Waals surface area contributed by atoms with Crippen molar-refractivity contribution < 1.29 is 9.47 Å². The lowest BCUT2D eigenvalue weighted by molar-refractivity contribution is 0.311. The molecular formula is C20H17N3O3S. The zero-order chi connectivity index (χ0) is 18.8. The van der Waals surface area contributed by atoms with Gasteiger partial charge in [-0.15, -0.1) is 5.10 Å². The Morgan fingerprint density at radius 2 is 1.96 bits per heavy atom. The maximum absolute atomic E-state index is 12.7. The first-order chi connectivity index (χ1) is 13.2. The number of rotatable bonds is 5. The molecule has 6 nitrogen and oxygen atoms in total. The highest BCUT2D eigenvalue weighted by Crippen LogP contribution is 2.28. The van der Waals surface area contributed by atoms with Gasteiger partial charge in [0.1, 0.15) is 0 Å². The normalized spacial score (nSPS) is 11.9. The van der Waals surface area contributed by atoms with Crippen LogP contribution in [0, 0.1) is 0 Å². The number of hydrogen-bond acceptors (Lipinski definition) is 6. The average Bonchev–Trinajstić information content (AvgIpc) is 3.24. The van der Waals surface area contributed by atoms with Crippen LogP contribution >= 0.6 is 11.3 Å². The molecule has 0 N–H and O–H groups in total. The molecule has 4 rings (SSSR count). The highest BCUT2D eigenvalue weighted by atomic mass is 32.1. The Bertz CT molecular complexity index is 1200. The zero-order valence-corrected chi connectivity index (χ0v) is 15.7. The van der Waals surface area contributed by atoms with E-state index in [2.05, 4.69) is 10.1 Å². The maximum Gasteiger partial charge on any atom is 0.291 e. The van der Waals surface area contributed by atoms with E-state index in [1.165, 1.54) is 15.9 Å². The van der Waals surface area contributed by atoms with Crippen LogP contribution in [0.4, 0.5) is 0 Å². The van der Waals surface area contributed by atoms with Crippen molar-refractivity contribution in [1.29, 1.82) is 0 Å². The molecular weight excluding hydrogens is 362 g/mol. The molecule has 0 saturated carbocycles. The summed E-state index contributed by atoms with van der Waals surface area (Å²) in [5, 5.41) is 4.36. The van der Waals surface area contributed by atoms with Crippen LogP contribution in [0.2, 0.25) is 0 Å². The fourth-order valence-corrected chi connectivity index (χ4v) is 3.65. The van der Waals surface area contributed by atoms with Crippen LogP contribution in [0.3, 0.4) is 0 Å². The number of benzene rings is 2. The van der Waals surface area contributed by atoms with Gasteiger partial charge in [0.25, 0.3) is 5.56 Å². The minimum atomic E-state index is -0.183. The Kier molecular flexibility index (Phi) is 4.60. The monoisotopic (exact) mass is 379 g/mol. The number of nitrogens with zero attached hydrogens (tertiary/aromatic N) is 3. The van der Waals surface area contributed by atoms with Crippen molar-refractivity contribution >= 4 is 22.4 Å². The number of aromatic nitrogens is 3. The van der Waals surface area contributed by atoms with Gasteiger partial charge in [0.2, 0.25) is 4.96 Å². The Morgan fingerprint density at radius 1 is 1.15 bits per heavy atom. The minimum Gasteiger partial charge on any atom is -0.493 e. The molecule has 0 radical (unpaired) electrons. The van der Waals surface area contributed by atoms with Gasteiger partial charge < -0.3 is 9.47 Å². The molecule has 0 atom stereocenters. The second-order valence-electron chi connectivity index (χ2n) is 5.75. The van der Waals surface area contributed by atoms with E-state index in [0.29, 0.717) is 33.4 Å². The first-order valence-corrected chi connectivity index (χ1v) is 9.29. The van der Waals surface area contributed by atoms with Crippen molar-refractivity contribution in [2.24, 2.45) is 0 Å². The quantitative estimate of drug-likeness (QED) is 0.533. The van der Waals surface area contributed by atoms with Gasteiger partial charge in [-0.2, -0.15) is 9.50 Å². The third-order valence-electron chi connectivity index (χ3n) is 4.00. The fourth-order valence-electron chi connectivity index (χ4n) is 2.74. The molecule has 0 aliphatic carbocycles. The topological polar surface area (TPSA) is 65.7 Å². The van der Waals surface area contributed by atoms with Crippen molar-refractivity contribution in [3.8, 4) is 22.9 Å². The average molecular weight is 379 g/mol. The molecule has 0 saturated heterocycles. The SMILES string of the molecule is CCOc1ccc(C=c2sc3nc(-c4ccccc4)nn3c2=O)cc1OC. The molecule has 0 spiro atoms. The lowest BCUT2D eigenvalue weighted by atomic mass is 10.2. The molecule has 2 heterocycles. The van der Waals surface area contributed by atoms with E-state index in [1.54, 1.807) is 7.11 Å². The second kappa shape index (κ2) is 7.20. The minimum absolute atomic E-state index is 0.183. The summed E-state index contributed by atoms with van der Waals surface area (Å²) in [6.45, 7) is 2.48. The summed E-state index contributed by atoms with van der Waals surface area (Å²) in [4.78, 5) is 17.7. The van der Waals surface area contributed by atoms with E-state index in [1.807, 2.05) is 61.5 Å². The van der Waals surface area contributed by atoms with Crippen molar-refractivity contribution in [3.05, 3.63) is 69.0 Å². The van der Waals surface area contributed by atoms with Crippen molar-refractivity contribution in [2.75, 3.05) is 13.7 Å². The summed E-state index contributed by atoms with van der Waals surface area (Å²) in [6.07, 6.45) is 1.81. The van der Waals surface area contributed by atoms with Crippen molar-refractivity contribution in [2.45, 2.75) is 6.92 Å². The van der Waals surface area contributed by atoms with Crippen molar-refractivity contribution in [1.82, 2.24) is 14.6 Å². The molecule has 7 heteroatoms. The van der Waals surface area contributed by atoms with E-state index in [4.69, 9.17) is 9.47 Å². The van der Waals surface area contributed by atoms with Gasteiger partial charge in [-0.05, 0) is 30.7 Å². The Labute approximate surface area is 159 Å². The van der Waals surface area contributed by atoms with Gasteiger partial charge in [-0.1, -0.05) is 47.7 Å². The van der Waals surface area contributed by atoms with Crippen molar-refractivity contribution in [3.63, 3.8) is 0 Å². The van der Waals surface area contributed by atoms with Gasteiger partial charge in [0.15, 0.2) is 17.3 Å². The number of hydrogen-bond donors (Lipinski definition) is 0. The molecule has 136 valence electrons. The van der Waals surface area contributed by atoms with Crippen LogP contribution in [0.1, 0.15) is 12.5 Å². The van der Waals surface area contributed by atoms with Gasteiger partial charge in [0, 0.05) is 5.56 Å². The molecule has 2 aromatic heterocycles. The standard InChI is InChI=1S/C20H17N3O3S/c1-3-26-15-10-9-13(11-16(15)25-2)12-17-19(24)23-20(27-17)21-18(22-23)14-7-5-4-6-8-14/h4-12H,3H2,1-2H3. The molecule has 27 heavy (non-hydrogen) atoms. The highest BCUT2D eigenvalue weighted by molar-refractivity contribution is 7.15. The molecule has 4 aromatic rings.